The SMILES string of the molecule is C#C.CC.CC.CN.CNCc1ccc(-c2ccc3c(c2)CC[C@H](C)N3C(C)=O)cc1. The maximum Gasteiger partial charge on any atom is 0.224 e. The fourth-order valence-electron chi connectivity index (χ4n) is 3.43. The monoisotopic (exact) mass is 425 g/mol. The number of hydrogen-bond donors (Lipinski definition) is 2. The molecule has 3 N–H and O–H groups in total. The molecule has 0 saturated heterocycles. The van der Waals surface area contributed by atoms with E-state index in [4.69, 9.17) is 0 Å². The van der Waals surface area contributed by atoms with Gasteiger partial charge in [-0.3, -0.25) is 4.79 Å². The molecule has 0 radical (unpaired) electrons. The Morgan fingerprint density at radius 3 is 2.03 bits per heavy atom. The van der Waals surface area contributed by atoms with Crippen molar-refractivity contribution < 1.29 is 4.79 Å². The molecule has 0 spiro atoms. The molecule has 0 aliphatic carbocycles. The van der Waals surface area contributed by atoms with E-state index in [2.05, 4.69) is 73.3 Å². The first-order valence-electron chi connectivity index (χ1n) is 11.2. The van der Waals surface area contributed by atoms with Gasteiger partial charge in [0, 0.05) is 25.2 Å². The van der Waals surface area contributed by atoms with Gasteiger partial charge in [-0.25, -0.2) is 0 Å². The molecule has 0 aromatic heterocycles. The lowest BCUT2D eigenvalue weighted by Crippen LogP contribution is -2.40. The van der Waals surface area contributed by atoms with Crippen molar-refractivity contribution in [1.29, 1.82) is 0 Å². The normalized spacial score (nSPS) is 13.3. The van der Waals surface area contributed by atoms with Gasteiger partial charge in [-0.2, -0.15) is 0 Å². The summed E-state index contributed by atoms with van der Waals surface area (Å²) in [6, 6.07) is 15.4. The van der Waals surface area contributed by atoms with Gasteiger partial charge in [-0.1, -0.05) is 58.0 Å². The van der Waals surface area contributed by atoms with Crippen molar-refractivity contribution in [2.45, 2.75) is 67.0 Å². The molecule has 4 nitrogen and oxygen atoms in total. The topological polar surface area (TPSA) is 58.4 Å². The van der Waals surface area contributed by atoms with Crippen molar-refractivity contribution in [1.82, 2.24) is 5.32 Å². The summed E-state index contributed by atoms with van der Waals surface area (Å²) in [5.74, 6) is 0.127. The van der Waals surface area contributed by atoms with Crippen molar-refractivity contribution in [2.75, 3.05) is 19.0 Å². The number of hydrogen-bond acceptors (Lipinski definition) is 3. The van der Waals surface area contributed by atoms with Crippen molar-refractivity contribution in [3.05, 3.63) is 53.6 Å². The average Bonchev–Trinajstić information content (AvgIpc) is 2.84. The van der Waals surface area contributed by atoms with Crippen LogP contribution in [0.3, 0.4) is 0 Å². The smallest absolute Gasteiger partial charge is 0.224 e. The van der Waals surface area contributed by atoms with Gasteiger partial charge in [-0.05, 0) is 68.2 Å². The van der Waals surface area contributed by atoms with Crippen LogP contribution in [0, 0.1) is 12.8 Å². The van der Waals surface area contributed by atoms with Gasteiger partial charge >= 0.3 is 0 Å². The van der Waals surface area contributed by atoms with Crippen molar-refractivity contribution >= 4 is 11.6 Å². The van der Waals surface area contributed by atoms with E-state index in [1.807, 2.05) is 39.6 Å². The standard InChI is InChI=1S/C20H24N2O.2C2H6.C2H2.CH5N/c1-14-4-7-19-12-18(10-11-20(19)22(14)15(2)23)17-8-5-16(6-9-17)13-21-3;4*1-2/h5-6,8-12,14,21H,4,7,13H2,1-3H3;2*1-2H3;1-2H;2H2,1H3/t14-;;;;/m0..../s1. The molecule has 1 aliphatic heterocycles. The van der Waals surface area contributed by atoms with E-state index in [9.17, 15) is 4.79 Å². The first-order valence-corrected chi connectivity index (χ1v) is 11.2. The lowest BCUT2D eigenvalue weighted by atomic mass is 9.93. The molecule has 3 rings (SSSR count). The minimum atomic E-state index is 0.127. The highest BCUT2D eigenvalue weighted by Crippen LogP contribution is 2.34. The third kappa shape index (κ3) is 8.96. The number of nitrogens with two attached hydrogens (primary N) is 1. The fraction of sp³-hybridized carbons (Fsp3) is 0.444. The second-order valence-electron chi connectivity index (χ2n) is 6.35. The minimum absolute atomic E-state index is 0.127. The Balaban J connectivity index is 0. The molecular formula is C27H43N3O. The summed E-state index contributed by atoms with van der Waals surface area (Å²) in [6.45, 7) is 12.7. The summed E-state index contributed by atoms with van der Waals surface area (Å²) in [5, 5.41) is 3.17. The number of anilines is 1. The highest BCUT2D eigenvalue weighted by atomic mass is 16.2. The van der Waals surface area contributed by atoms with Crippen LogP contribution in [-0.4, -0.2) is 26.0 Å². The van der Waals surface area contributed by atoms with Gasteiger partial charge in [0.15, 0.2) is 0 Å². The predicted molar refractivity (Wildman–Crippen MR) is 138 cm³/mol. The van der Waals surface area contributed by atoms with Crippen molar-refractivity contribution in [2.24, 2.45) is 5.73 Å². The number of nitrogens with one attached hydrogen (secondary N) is 1. The van der Waals surface area contributed by atoms with Crippen LogP contribution < -0.4 is 16.0 Å². The second-order valence-corrected chi connectivity index (χ2v) is 6.35. The van der Waals surface area contributed by atoms with Gasteiger partial charge in [0.25, 0.3) is 0 Å². The number of benzene rings is 2. The molecule has 2 aromatic carbocycles. The summed E-state index contributed by atoms with van der Waals surface area (Å²) in [6.07, 6.45) is 10.1. The molecule has 1 heterocycles. The first kappa shape index (κ1) is 30.6. The Labute approximate surface area is 191 Å². The largest absolute Gasteiger partial charge is 0.333 e. The molecule has 1 aliphatic rings. The van der Waals surface area contributed by atoms with E-state index in [0.717, 1.165) is 25.1 Å². The third-order valence-electron chi connectivity index (χ3n) is 4.62. The Morgan fingerprint density at radius 1 is 1.03 bits per heavy atom. The number of fused-ring (bicyclic) bond motifs is 1. The number of carbonyl (C=O) groups is 1. The predicted octanol–water partition coefficient (Wildman–Crippen LogP) is 5.64. The zero-order valence-corrected chi connectivity index (χ0v) is 20.8. The third-order valence-corrected chi connectivity index (χ3v) is 4.62. The van der Waals surface area contributed by atoms with Gasteiger partial charge in [0.2, 0.25) is 5.91 Å². The van der Waals surface area contributed by atoms with E-state index in [-0.39, 0.29) is 11.9 Å². The van der Waals surface area contributed by atoms with Crippen LogP contribution in [0.2, 0.25) is 0 Å². The lowest BCUT2D eigenvalue weighted by molar-refractivity contribution is -0.117. The number of nitrogens with zero attached hydrogens (tertiary/aromatic N) is 1. The van der Waals surface area contributed by atoms with Gasteiger partial charge in [0.05, 0.1) is 0 Å². The molecule has 4 heteroatoms. The van der Waals surface area contributed by atoms with Crippen LogP contribution >= 0.6 is 0 Å². The van der Waals surface area contributed by atoms with Crippen LogP contribution in [0.4, 0.5) is 5.69 Å². The number of rotatable bonds is 3. The van der Waals surface area contributed by atoms with Crippen LogP contribution in [0.5, 0.6) is 0 Å². The molecule has 2 aromatic rings. The molecule has 0 bridgehead atoms. The van der Waals surface area contributed by atoms with Gasteiger partial charge in [0.1, 0.15) is 0 Å². The van der Waals surface area contributed by atoms with Crippen LogP contribution in [0.25, 0.3) is 11.1 Å². The molecular weight excluding hydrogens is 382 g/mol. The Hall–Kier alpha value is -2.61. The highest BCUT2D eigenvalue weighted by molar-refractivity contribution is 5.94. The van der Waals surface area contributed by atoms with Gasteiger partial charge < -0.3 is 16.0 Å². The maximum atomic E-state index is 11.9. The molecule has 1 amide bonds. The summed E-state index contributed by atoms with van der Waals surface area (Å²) < 4.78 is 0. The zero-order chi connectivity index (χ0) is 24.4. The summed E-state index contributed by atoms with van der Waals surface area (Å²) >= 11 is 0. The Kier molecular flexibility index (Phi) is 17.9. The zero-order valence-electron chi connectivity index (χ0n) is 20.8. The number of terminal acetylenes is 1. The van der Waals surface area contributed by atoms with E-state index in [1.165, 1.54) is 29.3 Å². The Bertz CT molecular complexity index is 751. The van der Waals surface area contributed by atoms with E-state index < -0.39 is 0 Å². The quantitative estimate of drug-likeness (QED) is 0.626. The average molecular weight is 426 g/mol. The van der Waals surface area contributed by atoms with E-state index in [1.54, 1.807) is 6.92 Å². The molecule has 1 atom stereocenters. The molecule has 172 valence electrons. The molecule has 0 saturated carbocycles. The van der Waals surface area contributed by atoms with E-state index >= 15 is 0 Å². The molecule has 0 unspecified atom stereocenters. The van der Waals surface area contributed by atoms with Gasteiger partial charge in [-0.15, -0.1) is 12.8 Å². The number of carbonyl (C=O) groups excluding carboxylic acids is 1. The Morgan fingerprint density at radius 2 is 1.55 bits per heavy atom. The summed E-state index contributed by atoms with van der Waals surface area (Å²) in [7, 11) is 3.46. The van der Waals surface area contributed by atoms with Crippen LogP contribution in [0.1, 0.15) is 59.1 Å². The van der Waals surface area contributed by atoms with Crippen molar-refractivity contribution in [3.63, 3.8) is 0 Å². The summed E-state index contributed by atoms with van der Waals surface area (Å²) in [5.41, 5.74) is 10.6. The summed E-state index contributed by atoms with van der Waals surface area (Å²) in [4.78, 5) is 13.9. The lowest BCUT2D eigenvalue weighted by Gasteiger charge is -2.34. The minimum Gasteiger partial charge on any atom is -0.333 e. The van der Waals surface area contributed by atoms with Crippen molar-refractivity contribution in [3.8, 4) is 24.0 Å². The number of aryl methyl sites for hydroxylation is 1. The van der Waals surface area contributed by atoms with Crippen LogP contribution in [0.15, 0.2) is 42.5 Å². The molecule has 0 fully saturated rings. The number of amides is 1. The van der Waals surface area contributed by atoms with Crippen LogP contribution in [-0.2, 0) is 17.8 Å². The fourth-order valence-corrected chi connectivity index (χ4v) is 3.43. The maximum absolute atomic E-state index is 11.9. The first-order chi connectivity index (χ1) is 15.1. The second kappa shape index (κ2) is 18.2. The highest BCUT2D eigenvalue weighted by Gasteiger charge is 2.26. The molecule has 31 heavy (non-hydrogen) atoms. The van der Waals surface area contributed by atoms with E-state index in [0.29, 0.717) is 0 Å².